The van der Waals surface area contributed by atoms with Gasteiger partial charge in [0.25, 0.3) is 0 Å². The summed E-state index contributed by atoms with van der Waals surface area (Å²) in [6.07, 6.45) is 3.24. The number of nitrogens with one attached hydrogen (secondary N) is 2. The maximum absolute atomic E-state index is 15.1. The van der Waals surface area contributed by atoms with Gasteiger partial charge in [0.15, 0.2) is 11.6 Å². The van der Waals surface area contributed by atoms with Crippen molar-refractivity contribution in [2.24, 2.45) is 11.3 Å². The molecule has 9 heteroatoms. The number of benzene rings is 1. The third-order valence-electron chi connectivity index (χ3n) is 7.94. The molecule has 3 aliphatic rings. The lowest BCUT2D eigenvalue weighted by Gasteiger charge is -2.33. The molecule has 1 saturated carbocycles. The first kappa shape index (κ1) is 20.8. The molecule has 174 valence electrons. The van der Waals surface area contributed by atoms with E-state index in [1.54, 1.807) is 13.1 Å². The van der Waals surface area contributed by atoms with Gasteiger partial charge in [-0.15, -0.1) is 0 Å². The summed E-state index contributed by atoms with van der Waals surface area (Å²) in [5.74, 6) is 0.750. The average Bonchev–Trinajstić information content (AvgIpc) is 3.11. The number of nitrogens with zero attached hydrogens (tertiary/aromatic N) is 4. The Bertz CT molecular complexity index is 1250. The van der Waals surface area contributed by atoms with Gasteiger partial charge in [-0.05, 0) is 49.7 Å². The quantitative estimate of drug-likeness (QED) is 0.635. The van der Waals surface area contributed by atoms with Gasteiger partial charge in [0.2, 0.25) is 5.91 Å². The van der Waals surface area contributed by atoms with E-state index in [4.69, 9.17) is 4.74 Å². The molecular weight excluding hydrogens is 423 g/mol. The lowest BCUT2D eigenvalue weighted by atomic mass is 9.88. The molecule has 2 N–H and O–H groups in total. The van der Waals surface area contributed by atoms with E-state index in [0.29, 0.717) is 60.2 Å². The number of aromatic amines is 2. The number of imidazole rings is 1. The van der Waals surface area contributed by atoms with Gasteiger partial charge in [0, 0.05) is 37.1 Å². The zero-order valence-corrected chi connectivity index (χ0v) is 19.2. The van der Waals surface area contributed by atoms with Gasteiger partial charge in [-0.2, -0.15) is 5.10 Å². The highest BCUT2D eigenvalue weighted by Gasteiger charge is 2.53. The zero-order chi connectivity index (χ0) is 22.9. The molecule has 1 amide bonds. The van der Waals surface area contributed by atoms with E-state index in [-0.39, 0.29) is 11.9 Å². The van der Waals surface area contributed by atoms with Crippen LogP contribution in [0.25, 0.3) is 22.6 Å². The molecule has 2 fully saturated rings. The summed E-state index contributed by atoms with van der Waals surface area (Å²) in [5, 5.41) is 7.70. The molecule has 3 aromatic rings. The number of ether oxygens (including phenoxy) is 1. The first-order valence-electron chi connectivity index (χ1n) is 11.7. The highest BCUT2D eigenvalue weighted by molar-refractivity contribution is 5.98. The Morgan fingerprint density at radius 3 is 2.94 bits per heavy atom. The zero-order valence-electron chi connectivity index (χ0n) is 19.2. The summed E-state index contributed by atoms with van der Waals surface area (Å²) in [4.78, 5) is 24.5. The van der Waals surface area contributed by atoms with Crippen LogP contribution < -0.4 is 4.90 Å². The monoisotopic (exact) mass is 452 g/mol. The predicted molar refractivity (Wildman–Crippen MR) is 123 cm³/mol. The minimum Gasteiger partial charge on any atom is -0.379 e. The highest BCUT2D eigenvalue weighted by atomic mass is 19.1. The molecule has 8 nitrogen and oxygen atoms in total. The number of H-pyrrole nitrogens is 2. The van der Waals surface area contributed by atoms with Crippen LogP contribution in [0.15, 0.2) is 12.1 Å². The van der Waals surface area contributed by atoms with Gasteiger partial charge in [-0.3, -0.25) is 14.8 Å². The SMILES string of the molecule is CC(C(=O)N(C)c1cc(F)c2[nH]c(-c3n[nH]c4c3C[C@@H]3C[C@]3(C)C4)nc2c1)N1CCOCC1. The van der Waals surface area contributed by atoms with Crippen molar-refractivity contribution >= 4 is 22.6 Å². The third kappa shape index (κ3) is 3.36. The summed E-state index contributed by atoms with van der Waals surface area (Å²) in [7, 11) is 1.68. The molecule has 2 aromatic heterocycles. The maximum Gasteiger partial charge on any atom is 0.243 e. The van der Waals surface area contributed by atoms with Crippen molar-refractivity contribution in [3.05, 3.63) is 29.2 Å². The van der Waals surface area contributed by atoms with Crippen LogP contribution in [-0.2, 0) is 22.4 Å². The fourth-order valence-corrected chi connectivity index (χ4v) is 5.54. The Morgan fingerprint density at radius 1 is 1.36 bits per heavy atom. The van der Waals surface area contributed by atoms with Gasteiger partial charge >= 0.3 is 0 Å². The van der Waals surface area contributed by atoms with Crippen LogP contribution in [0.1, 0.15) is 31.5 Å². The number of hydrogen-bond donors (Lipinski definition) is 2. The Morgan fingerprint density at radius 2 is 2.15 bits per heavy atom. The van der Waals surface area contributed by atoms with Gasteiger partial charge in [-0.1, -0.05) is 6.92 Å². The molecular formula is C24H29FN6O2. The molecule has 1 unspecified atom stereocenters. The molecule has 1 aromatic carbocycles. The first-order valence-corrected chi connectivity index (χ1v) is 11.7. The number of likely N-dealkylation sites (N-methyl/N-ethyl adjacent to an activating group) is 1. The Hall–Kier alpha value is -2.78. The van der Waals surface area contributed by atoms with E-state index in [1.165, 1.54) is 28.6 Å². The van der Waals surface area contributed by atoms with Crippen LogP contribution in [0.5, 0.6) is 0 Å². The lowest BCUT2D eigenvalue weighted by molar-refractivity contribution is -0.124. The molecule has 1 saturated heterocycles. The van der Waals surface area contributed by atoms with Crippen molar-refractivity contribution in [2.75, 3.05) is 38.3 Å². The number of anilines is 1. The van der Waals surface area contributed by atoms with Gasteiger partial charge in [0.05, 0.1) is 24.8 Å². The van der Waals surface area contributed by atoms with Crippen molar-refractivity contribution in [3.63, 3.8) is 0 Å². The topological polar surface area (TPSA) is 90.1 Å². The normalized spacial score (nSPS) is 25.5. The van der Waals surface area contributed by atoms with E-state index >= 15 is 4.39 Å². The molecule has 1 aliphatic heterocycles. The second-order valence-corrected chi connectivity index (χ2v) is 10.1. The number of amides is 1. The molecule has 0 radical (unpaired) electrons. The molecule has 2 aliphatic carbocycles. The number of hydrogen-bond acceptors (Lipinski definition) is 5. The van der Waals surface area contributed by atoms with Gasteiger partial charge in [-0.25, -0.2) is 9.37 Å². The van der Waals surface area contributed by atoms with Crippen LogP contribution in [0, 0.1) is 17.2 Å². The van der Waals surface area contributed by atoms with Crippen LogP contribution in [0.4, 0.5) is 10.1 Å². The van der Waals surface area contributed by atoms with Gasteiger partial charge < -0.3 is 14.6 Å². The van der Waals surface area contributed by atoms with Crippen LogP contribution >= 0.6 is 0 Å². The maximum atomic E-state index is 15.1. The van der Waals surface area contributed by atoms with Crippen LogP contribution in [-0.4, -0.2) is 70.4 Å². The summed E-state index contributed by atoms with van der Waals surface area (Å²) in [6, 6.07) is 2.85. The molecule has 6 rings (SSSR count). The first-order chi connectivity index (χ1) is 15.8. The number of rotatable bonds is 4. The lowest BCUT2D eigenvalue weighted by Crippen LogP contribution is -2.50. The fourth-order valence-electron chi connectivity index (χ4n) is 5.54. The minimum absolute atomic E-state index is 0.0831. The summed E-state index contributed by atoms with van der Waals surface area (Å²) in [6.45, 7) is 6.88. The second-order valence-electron chi connectivity index (χ2n) is 10.1. The smallest absolute Gasteiger partial charge is 0.243 e. The summed E-state index contributed by atoms with van der Waals surface area (Å²) in [5.41, 5.74) is 4.86. The van der Waals surface area contributed by atoms with Crippen molar-refractivity contribution in [1.29, 1.82) is 0 Å². The number of fused-ring (bicyclic) bond motifs is 3. The summed E-state index contributed by atoms with van der Waals surface area (Å²) < 4.78 is 20.5. The fraction of sp³-hybridized carbons (Fsp3) is 0.542. The minimum atomic E-state index is -0.431. The third-order valence-corrected chi connectivity index (χ3v) is 7.94. The number of aromatic nitrogens is 4. The Balaban J connectivity index is 1.29. The van der Waals surface area contributed by atoms with Crippen molar-refractivity contribution in [2.45, 2.75) is 39.2 Å². The predicted octanol–water partition coefficient (Wildman–Crippen LogP) is 2.90. The van der Waals surface area contributed by atoms with E-state index in [0.717, 1.165) is 18.5 Å². The average molecular weight is 453 g/mol. The van der Waals surface area contributed by atoms with Crippen molar-refractivity contribution in [3.8, 4) is 11.5 Å². The summed E-state index contributed by atoms with van der Waals surface area (Å²) >= 11 is 0. The number of halogens is 1. The standard InChI is InChI=1S/C24H29FN6O2/c1-13(31-4-6-33-7-5-31)23(32)30(3)15-9-17(25)21-18(10-15)26-22(27-21)20-16-8-14-11-24(14,2)12-19(16)28-29-20/h9-10,13-14H,4-8,11-12H2,1-3H3,(H,26,27)(H,28,29)/t13?,14-,24-/m1/s1. The Kier molecular flexibility index (Phi) is 4.64. The second kappa shape index (κ2) is 7.36. The van der Waals surface area contributed by atoms with E-state index in [9.17, 15) is 4.79 Å². The number of carbonyl (C=O) groups is 1. The van der Waals surface area contributed by atoms with E-state index in [2.05, 4.69) is 32.0 Å². The van der Waals surface area contributed by atoms with Gasteiger partial charge in [0.1, 0.15) is 11.2 Å². The Labute approximate surface area is 191 Å². The molecule has 3 heterocycles. The molecule has 0 spiro atoms. The molecule has 33 heavy (non-hydrogen) atoms. The van der Waals surface area contributed by atoms with E-state index < -0.39 is 5.82 Å². The van der Waals surface area contributed by atoms with Crippen LogP contribution in [0.2, 0.25) is 0 Å². The number of morpholine rings is 1. The number of carbonyl (C=O) groups excluding carboxylic acids is 1. The molecule has 0 bridgehead atoms. The van der Waals surface area contributed by atoms with Crippen LogP contribution in [0.3, 0.4) is 0 Å². The largest absolute Gasteiger partial charge is 0.379 e. The molecule has 3 atom stereocenters. The van der Waals surface area contributed by atoms with Crippen molar-refractivity contribution < 1.29 is 13.9 Å². The van der Waals surface area contributed by atoms with E-state index in [1.807, 2.05) is 6.92 Å². The van der Waals surface area contributed by atoms with Crippen molar-refractivity contribution in [1.82, 2.24) is 25.1 Å². The highest BCUT2D eigenvalue weighted by Crippen LogP contribution is 2.59.